The highest BCUT2D eigenvalue weighted by Gasteiger charge is 2.09. The minimum atomic E-state index is -0.166. The van der Waals surface area contributed by atoms with Gasteiger partial charge >= 0.3 is 0 Å². The van der Waals surface area contributed by atoms with E-state index in [4.69, 9.17) is 9.47 Å². The van der Waals surface area contributed by atoms with Crippen LogP contribution in [0.15, 0.2) is 47.3 Å². The van der Waals surface area contributed by atoms with Gasteiger partial charge in [-0.3, -0.25) is 4.79 Å². The summed E-state index contributed by atoms with van der Waals surface area (Å²) < 4.78 is 12.6. The van der Waals surface area contributed by atoms with Gasteiger partial charge in [-0.1, -0.05) is 35.6 Å². The summed E-state index contributed by atoms with van der Waals surface area (Å²) >= 11 is 1.33. The Bertz CT molecular complexity index is 1390. The molecule has 2 aromatic carbocycles. The molecule has 0 aliphatic rings. The number of thiazole rings is 1. The van der Waals surface area contributed by atoms with Crippen LogP contribution in [0.3, 0.4) is 0 Å². The number of anilines is 1. The molecule has 2 aromatic heterocycles. The van der Waals surface area contributed by atoms with E-state index in [1.807, 2.05) is 42.5 Å². The monoisotopic (exact) mass is 462 g/mol. The lowest BCUT2D eigenvalue weighted by Gasteiger charge is -2.20. The summed E-state index contributed by atoms with van der Waals surface area (Å²) in [7, 11) is 3.20. The second-order valence-corrected chi connectivity index (χ2v) is 8.30. The summed E-state index contributed by atoms with van der Waals surface area (Å²) in [6.45, 7) is 6.19. The number of hydrogen-bond donors (Lipinski definition) is 0. The maximum absolute atomic E-state index is 12.8. The third-order valence-electron chi connectivity index (χ3n) is 5.35. The second-order valence-electron chi connectivity index (χ2n) is 7.29. The first-order chi connectivity index (χ1) is 16.1. The van der Waals surface area contributed by atoms with Crippen molar-refractivity contribution in [3.05, 3.63) is 74.3 Å². The molecule has 0 bridgehead atoms. The normalized spacial score (nSPS) is 12.1. The third-order valence-corrected chi connectivity index (χ3v) is 6.31. The van der Waals surface area contributed by atoms with Gasteiger partial charge in [0, 0.05) is 18.8 Å². The summed E-state index contributed by atoms with van der Waals surface area (Å²) in [5, 5.41) is 4.36. The molecule has 8 heteroatoms. The molecule has 0 N–H and O–H groups in total. The molecule has 0 amide bonds. The van der Waals surface area contributed by atoms with Crippen molar-refractivity contribution in [1.82, 2.24) is 14.6 Å². The van der Waals surface area contributed by atoms with E-state index in [0.29, 0.717) is 26.8 Å². The van der Waals surface area contributed by atoms with Gasteiger partial charge in [-0.25, -0.2) is 0 Å². The molecule has 0 saturated carbocycles. The average Bonchev–Trinajstić information content (AvgIpc) is 3.37. The highest BCUT2D eigenvalue weighted by atomic mass is 32.1. The minimum Gasteiger partial charge on any atom is -0.493 e. The molecule has 0 atom stereocenters. The van der Waals surface area contributed by atoms with Crippen molar-refractivity contribution >= 4 is 40.2 Å². The van der Waals surface area contributed by atoms with Crippen LogP contribution in [0.2, 0.25) is 0 Å². The van der Waals surface area contributed by atoms with E-state index in [9.17, 15) is 4.79 Å². The second kappa shape index (κ2) is 9.87. The van der Waals surface area contributed by atoms with Crippen molar-refractivity contribution in [2.75, 3.05) is 32.2 Å². The van der Waals surface area contributed by atoms with Crippen LogP contribution in [0, 0.1) is 0 Å². The van der Waals surface area contributed by atoms with Crippen LogP contribution in [0.1, 0.15) is 30.8 Å². The lowest BCUT2D eigenvalue weighted by atomic mass is 10.2. The number of methoxy groups -OCH3 is 2. The van der Waals surface area contributed by atoms with Crippen LogP contribution >= 0.6 is 11.3 Å². The SMILES string of the molecule is CCN(CC)c1ccc(C=c2sc3nc(C=Cc4ccc(OC)c(OC)c4)nn3c2=O)cc1. The first-order valence-electron chi connectivity index (χ1n) is 10.7. The van der Waals surface area contributed by atoms with E-state index in [2.05, 4.69) is 41.0 Å². The van der Waals surface area contributed by atoms with E-state index in [1.165, 1.54) is 21.5 Å². The van der Waals surface area contributed by atoms with Gasteiger partial charge in [-0.2, -0.15) is 9.50 Å². The van der Waals surface area contributed by atoms with Crippen LogP contribution in [0.25, 0.3) is 23.2 Å². The number of nitrogens with zero attached hydrogens (tertiary/aromatic N) is 4. The Balaban J connectivity index is 1.58. The summed E-state index contributed by atoms with van der Waals surface area (Å²) in [6.07, 6.45) is 5.53. The van der Waals surface area contributed by atoms with Gasteiger partial charge in [0.1, 0.15) is 0 Å². The molecule has 33 heavy (non-hydrogen) atoms. The zero-order valence-corrected chi connectivity index (χ0v) is 19.9. The van der Waals surface area contributed by atoms with E-state index in [1.54, 1.807) is 20.3 Å². The summed E-state index contributed by atoms with van der Waals surface area (Å²) in [5.41, 5.74) is 2.89. The number of benzene rings is 2. The van der Waals surface area contributed by atoms with Gasteiger partial charge in [0.25, 0.3) is 5.56 Å². The number of ether oxygens (including phenoxy) is 2. The zero-order chi connectivity index (χ0) is 23.4. The number of aromatic nitrogens is 3. The Hall–Kier alpha value is -3.65. The van der Waals surface area contributed by atoms with Gasteiger partial charge in [0.15, 0.2) is 17.3 Å². The van der Waals surface area contributed by atoms with Crippen LogP contribution < -0.4 is 24.5 Å². The first kappa shape index (κ1) is 22.5. The van der Waals surface area contributed by atoms with Crippen LogP contribution in [0.5, 0.6) is 11.5 Å². The van der Waals surface area contributed by atoms with Gasteiger partial charge < -0.3 is 14.4 Å². The number of hydrogen-bond acceptors (Lipinski definition) is 7. The summed E-state index contributed by atoms with van der Waals surface area (Å²) in [4.78, 5) is 20.2. The fraction of sp³-hybridized carbons (Fsp3) is 0.240. The van der Waals surface area contributed by atoms with Crippen LogP contribution in [-0.4, -0.2) is 41.9 Å². The minimum absolute atomic E-state index is 0.166. The lowest BCUT2D eigenvalue weighted by Crippen LogP contribution is -2.23. The van der Waals surface area contributed by atoms with Crippen LogP contribution in [-0.2, 0) is 0 Å². The third kappa shape index (κ3) is 4.75. The number of fused-ring (bicyclic) bond motifs is 1. The topological polar surface area (TPSA) is 69.0 Å². The molecule has 4 aromatic rings. The molecular formula is C25H26N4O3S. The van der Waals surface area contributed by atoms with Crippen molar-refractivity contribution < 1.29 is 9.47 Å². The van der Waals surface area contributed by atoms with Crippen molar-refractivity contribution in [3.8, 4) is 11.5 Å². The molecule has 0 aliphatic heterocycles. The fourth-order valence-corrected chi connectivity index (χ4v) is 4.48. The Morgan fingerprint density at radius 2 is 1.67 bits per heavy atom. The van der Waals surface area contributed by atoms with Crippen LogP contribution in [0.4, 0.5) is 5.69 Å². The molecule has 4 rings (SSSR count). The van der Waals surface area contributed by atoms with E-state index < -0.39 is 0 Å². The quantitative estimate of drug-likeness (QED) is 0.397. The van der Waals surface area contributed by atoms with Crippen molar-refractivity contribution in [3.63, 3.8) is 0 Å². The Morgan fingerprint density at radius 1 is 0.970 bits per heavy atom. The molecule has 0 saturated heterocycles. The molecule has 0 aliphatic carbocycles. The highest BCUT2D eigenvalue weighted by Crippen LogP contribution is 2.28. The van der Waals surface area contributed by atoms with Crippen molar-refractivity contribution in [2.24, 2.45) is 0 Å². The predicted molar refractivity (Wildman–Crippen MR) is 134 cm³/mol. The summed E-state index contributed by atoms with van der Waals surface area (Å²) in [5.74, 6) is 1.78. The lowest BCUT2D eigenvalue weighted by molar-refractivity contribution is 0.355. The smallest absolute Gasteiger partial charge is 0.291 e. The summed E-state index contributed by atoms with van der Waals surface area (Å²) in [6, 6.07) is 13.8. The van der Waals surface area contributed by atoms with Gasteiger partial charge in [-0.05, 0) is 61.4 Å². The maximum Gasteiger partial charge on any atom is 0.291 e. The van der Waals surface area contributed by atoms with Gasteiger partial charge in [-0.15, -0.1) is 5.10 Å². The molecule has 0 spiro atoms. The van der Waals surface area contributed by atoms with Crippen molar-refractivity contribution in [2.45, 2.75) is 13.8 Å². The predicted octanol–water partition coefficient (Wildman–Crippen LogP) is 3.73. The molecule has 0 fully saturated rings. The Morgan fingerprint density at radius 3 is 2.30 bits per heavy atom. The zero-order valence-electron chi connectivity index (χ0n) is 19.1. The van der Waals surface area contributed by atoms with Gasteiger partial charge in [0.05, 0.1) is 18.8 Å². The van der Waals surface area contributed by atoms with E-state index in [-0.39, 0.29) is 5.56 Å². The van der Waals surface area contributed by atoms with Gasteiger partial charge in [0.2, 0.25) is 4.96 Å². The average molecular weight is 463 g/mol. The van der Waals surface area contributed by atoms with Crippen molar-refractivity contribution in [1.29, 1.82) is 0 Å². The molecule has 0 radical (unpaired) electrons. The maximum atomic E-state index is 12.8. The first-order valence-corrected chi connectivity index (χ1v) is 11.5. The molecular weight excluding hydrogens is 436 g/mol. The molecule has 2 heterocycles. The molecule has 7 nitrogen and oxygen atoms in total. The van der Waals surface area contributed by atoms with E-state index >= 15 is 0 Å². The molecule has 0 unspecified atom stereocenters. The number of rotatable bonds is 8. The Kier molecular flexibility index (Phi) is 6.74. The largest absolute Gasteiger partial charge is 0.493 e. The standard InChI is InChI=1S/C25H26N4O3S/c1-5-28(6-2)19-11-7-18(8-12-19)16-22-24(30)29-25(33-22)26-23(27-29)14-10-17-9-13-20(31-3)21(15-17)32-4/h7-16H,5-6H2,1-4H3. The highest BCUT2D eigenvalue weighted by molar-refractivity contribution is 7.15. The fourth-order valence-electron chi connectivity index (χ4n) is 3.57. The van der Waals surface area contributed by atoms with E-state index in [0.717, 1.165) is 24.2 Å². The Labute approximate surface area is 196 Å². The molecule has 170 valence electrons.